The van der Waals surface area contributed by atoms with E-state index in [0.717, 1.165) is 23.1 Å². The number of aromatic nitrogens is 1. The van der Waals surface area contributed by atoms with Crippen molar-refractivity contribution in [3.8, 4) is 0 Å². The first-order valence-electron chi connectivity index (χ1n) is 12.8. The zero-order chi connectivity index (χ0) is 28.8. The molecular formula is C29H32N6O5. The number of nitrogens with zero attached hydrogens (tertiary/aromatic N) is 3. The van der Waals surface area contributed by atoms with Crippen LogP contribution in [0.2, 0.25) is 0 Å². The number of imide groups is 1. The van der Waals surface area contributed by atoms with Crippen LogP contribution in [0.1, 0.15) is 42.6 Å². The summed E-state index contributed by atoms with van der Waals surface area (Å²) >= 11 is 0. The van der Waals surface area contributed by atoms with E-state index in [1.165, 1.54) is 11.1 Å². The fraction of sp³-hybridized carbons (Fsp3) is 0.276. The Kier molecular flexibility index (Phi) is 8.63. The average Bonchev–Trinajstić information content (AvgIpc) is 2.95. The van der Waals surface area contributed by atoms with Crippen molar-refractivity contribution in [2.45, 2.75) is 44.6 Å². The molecule has 1 aromatic heterocycles. The number of carbonyl (C=O) groups is 4. The predicted octanol–water partition coefficient (Wildman–Crippen LogP) is 3.16. The summed E-state index contributed by atoms with van der Waals surface area (Å²) in [4.78, 5) is 59.3. The van der Waals surface area contributed by atoms with Gasteiger partial charge < -0.3 is 26.0 Å². The number of benzene rings is 2. The van der Waals surface area contributed by atoms with Crippen LogP contribution < -0.4 is 16.4 Å². The quantitative estimate of drug-likeness (QED) is 0.292. The van der Waals surface area contributed by atoms with Crippen molar-refractivity contribution in [3.05, 3.63) is 95.7 Å². The average molecular weight is 545 g/mol. The molecular weight excluding hydrogens is 512 g/mol. The topological polar surface area (TPSA) is 147 Å². The van der Waals surface area contributed by atoms with Gasteiger partial charge in [-0.1, -0.05) is 60.7 Å². The number of urea groups is 2. The molecule has 0 radical (unpaired) electrons. The number of rotatable bonds is 8. The number of methoxy groups -OCH3 is 1. The number of nitrogens with two attached hydrogens (primary N) is 1. The molecule has 1 saturated heterocycles. The van der Waals surface area contributed by atoms with Crippen molar-refractivity contribution >= 4 is 29.8 Å². The predicted molar refractivity (Wildman–Crippen MR) is 147 cm³/mol. The molecule has 11 heteroatoms. The number of likely N-dealkylation sites (tertiary alicyclic amines) is 1. The molecule has 1 aliphatic rings. The SMILES string of the molecule is COC(=O)[C@@H]1[C@@H](N(Cc2ccnc(N)c2)C(=O)N[C@H](C)c2ccccc2)C(=O)N1C(=O)N[C@H](C)c1ccccc1. The van der Waals surface area contributed by atoms with Gasteiger partial charge in [-0.15, -0.1) is 0 Å². The van der Waals surface area contributed by atoms with E-state index in [9.17, 15) is 19.2 Å². The summed E-state index contributed by atoms with van der Waals surface area (Å²) in [6.45, 7) is 3.50. The number of β-lactam (4-membered cyclic amide) rings is 1. The first-order chi connectivity index (χ1) is 19.2. The van der Waals surface area contributed by atoms with Crippen LogP contribution in [-0.4, -0.2) is 57.9 Å². The summed E-state index contributed by atoms with van der Waals surface area (Å²) in [5.74, 6) is -1.30. The minimum atomic E-state index is -1.35. The molecule has 0 bridgehead atoms. The van der Waals surface area contributed by atoms with E-state index in [4.69, 9.17) is 10.5 Å². The lowest BCUT2D eigenvalue weighted by atomic mass is 9.93. The number of anilines is 1. The lowest BCUT2D eigenvalue weighted by molar-refractivity contribution is -0.168. The molecule has 0 unspecified atom stereocenters. The van der Waals surface area contributed by atoms with Gasteiger partial charge in [0.15, 0.2) is 6.04 Å². The van der Waals surface area contributed by atoms with Crippen LogP contribution in [0.25, 0.3) is 0 Å². The first kappa shape index (κ1) is 28.1. The van der Waals surface area contributed by atoms with Crippen molar-refractivity contribution in [2.24, 2.45) is 0 Å². The minimum Gasteiger partial charge on any atom is -0.467 e. The molecule has 1 aliphatic heterocycles. The summed E-state index contributed by atoms with van der Waals surface area (Å²) in [5.41, 5.74) is 8.10. The van der Waals surface area contributed by atoms with E-state index in [0.29, 0.717) is 5.56 Å². The number of esters is 1. The van der Waals surface area contributed by atoms with Crippen LogP contribution in [0.4, 0.5) is 15.4 Å². The van der Waals surface area contributed by atoms with E-state index >= 15 is 0 Å². The first-order valence-corrected chi connectivity index (χ1v) is 12.8. The smallest absolute Gasteiger partial charge is 0.331 e. The Morgan fingerprint density at radius 1 is 0.975 bits per heavy atom. The largest absolute Gasteiger partial charge is 0.467 e. The van der Waals surface area contributed by atoms with E-state index < -0.39 is 48.1 Å². The lowest BCUT2D eigenvalue weighted by Gasteiger charge is -2.48. The van der Waals surface area contributed by atoms with Crippen molar-refractivity contribution in [1.29, 1.82) is 0 Å². The third-order valence-corrected chi connectivity index (χ3v) is 6.80. The van der Waals surface area contributed by atoms with E-state index in [2.05, 4.69) is 15.6 Å². The summed E-state index contributed by atoms with van der Waals surface area (Å²) in [5, 5.41) is 5.64. The third-order valence-electron chi connectivity index (χ3n) is 6.80. The van der Waals surface area contributed by atoms with Crippen LogP contribution in [-0.2, 0) is 20.9 Å². The lowest BCUT2D eigenvalue weighted by Crippen LogP contribution is -2.76. The number of ether oxygens (including phenoxy) is 1. The summed E-state index contributed by atoms with van der Waals surface area (Å²) in [6, 6.07) is 16.9. The number of pyridine rings is 1. The van der Waals surface area contributed by atoms with Gasteiger partial charge in [-0.05, 0) is 42.7 Å². The maximum Gasteiger partial charge on any atom is 0.331 e. The molecule has 2 aromatic carbocycles. The van der Waals surface area contributed by atoms with Crippen molar-refractivity contribution in [3.63, 3.8) is 0 Å². The third kappa shape index (κ3) is 6.04. The summed E-state index contributed by atoms with van der Waals surface area (Å²) < 4.78 is 4.95. The number of nitrogen functional groups attached to an aromatic ring is 1. The molecule has 1 fully saturated rings. The molecule has 5 amide bonds. The molecule has 2 heterocycles. The fourth-order valence-corrected chi connectivity index (χ4v) is 4.62. The zero-order valence-corrected chi connectivity index (χ0v) is 22.5. The zero-order valence-electron chi connectivity index (χ0n) is 22.5. The number of amides is 5. The van der Waals surface area contributed by atoms with Crippen molar-refractivity contribution in [2.75, 3.05) is 12.8 Å². The van der Waals surface area contributed by atoms with Gasteiger partial charge in [0.2, 0.25) is 0 Å². The van der Waals surface area contributed by atoms with Gasteiger partial charge in [0.05, 0.1) is 19.2 Å². The monoisotopic (exact) mass is 544 g/mol. The normalized spacial score (nSPS) is 17.7. The van der Waals surface area contributed by atoms with Crippen LogP contribution in [0.15, 0.2) is 79.0 Å². The van der Waals surface area contributed by atoms with Gasteiger partial charge in [-0.25, -0.2) is 24.3 Å². The number of nitrogens with one attached hydrogen (secondary N) is 2. The fourth-order valence-electron chi connectivity index (χ4n) is 4.62. The van der Waals surface area contributed by atoms with E-state index in [1.54, 1.807) is 26.0 Å². The molecule has 0 spiro atoms. The number of hydrogen-bond acceptors (Lipinski definition) is 7. The number of hydrogen-bond donors (Lipinski definition) is 3. The second kappa shape index (κ2) is 12.3. The van der Waals surface area contributed by atoms with Crippen molar-refractivity contribution in [1.82, 2.24) is 25.4 Å². The highest BCUT2D eigenvalue weighted by molar-refractivity contribution is 6.11. The standard InChI is InChI=1S/C29H32N6O5/c1-18(21-10-6-4-7-11-21)32-28(38)34(17-20-14-15-31-23(30)16-20)24-25(27(37)40-3)35(26(24)36)29(39)33-19(2)22-12-8-5-9-13-22/h4-16,18-19,24-25H,17H2,1-3H3,(H2,30,31)(H,32,38)(H,33,39)/t18-,19-,24-,25+/m1/s1. The van der Waals surface area contributed by atoms with Gasteiger partial charge in [0, 0.05) is 12.7 Å². The van der Waals surface area contributed by atoms with Gasteiger partial charge in [0.1, 0.15) is 11.9 Å². The molecule has 208 valence electrons. The molecule has 0 aliphatic carbocycles. The Balaban J connectivity index is 1.61. The Morgan fingerprint density at radius 2 is 1.55 bits per heavy atom. The Hall–Kier alpha value is -4.93. The highest BCUT2D eigenvalue weighted by Gasteiger charge is 2.59. The molecule has 3 aromatic rings. The van der Waals surface area contributed by atoms with Gasteiger partial charge >= 0.3 is 18.0 Å². The molecule has 40 heavy (non-hydrogen) atoms. The molecule has 4 rings (SSSR count). The Bertz CT molecular complexity index is 1370. The van der Waals surface area contributed by atoms with Gasteiger partial charge in [-0.3, -0.25) is 4.79 Å². The summed E-state index contributed by atoms with van der Waals surface area (Å²) in [6.07, 6.45) is 1.48. The van der Waals surface area contributed by atoms with Crippen LogP contribution in [0, 0.1) is 0 Å². The Labute approximate surface area is 232 Å². The maximum atomic E-state index is 13.6. The van der Waals surface area contributed by atoms with Crippen LogP contribution in [0.5, 0.6) is 0 Å². The second-order valence-electron chi connectivity index (χ2n) is 9.50. The highest BCUT2D eigenvalue weighted by Crippen LogP contribution is 2.29. The van der Waals surface area contributed by atoms with Crippen molar-refractivity contribution < 1.29 is 23.9 Å². The maximum absolute atomic E-state index is 13.6. The van der Waals surface area contributed by atoms with E-state index in [1.807, 2.05) is 60.7 Å². The second-order valence-corrected chi connectivity index (χ2v) is 9.50. The molecule has 0 saturated carbocycles. The molecule has 11 nitrogen and oxygen atoms in total. The van der Waals surface area contributed by atoms with Gasteiger partial charge in [0.25, 0.3) is 5.91 Å². The summed E-state index contributed by atoms with van der Waals surface area (Å²) in [7, 11) is 1.16. The molecule has 4 atom stereocenters. The van der Waals surface area contributed by atoms with Crippen LogP contribution >= 0.6 is 0 Å². The Morgan fingerprint density at radius 3 is 2.10 bits per heavy atom. The molecule has 4 N–H and O–H groups in total. The van der Waals surface area contributed by atoms with E-state index in [-0.39, 0.29) is 12.4 Å². The van der Waals surface area contributed by atoms with Crippen LogP contribution in [0.3, 0.4) is 0 Å². The minimum absolute atomic E-state index is 0.0696. The van der Waals surface area contributed by atoms with Gasteiger partial charge in [-0.2, -0.15) is 0 Å². The highest BCUT2D eigenvalue weighted by atomic mass is 16.5. The number of carbonyl (C=O) groups excluding carboxylic acids is 4.